The van der Waals surface area contributed by atoms with Crippen LogP contribution in [0.15, 0.2) is 30.3 Å². The Bertz CT molecular complexity index is 839. The average Bonchev–Trinajstić information content (AvgIpc) is 2.98. The van der Waals surface area contributed by atoms with Crippen LogP contribution in [-0.4, -0.2) is 18.9 Å². The topological polar surface area (TPSA) is 81.4 Å². The van der Waals surface area contributed by atoms with Crippen LogP contribution in [0.3, 0.4) is 0 Å². The summed E-state index contributed by atoms with van der Waals surface area (Å²) in [6.45, 7) is 0. The number of fused-ring (bicyclic) bond motifs is 1. The van der Waals surface area contributed by atoms with E-state index in [2.05, 4.69) is 5.32 Å². The van der Waals surface area contributed by atoms with Crippen LogP contribution in [0, 0.1) is 0 Å². The van der Waals surface area contributed by atoms with Crippen molar-refractivity contribution in [2.75, 3.05) is 12.4 Å². The van der Waals surface area contributed by atoms with Gasteiger partial charge in [-0.3, -0.25) is 9.59 Å². The highest BCUT2D eigenvalue weighted by Crippen LogP contribution is 2.37. The van der Waals surface area contributed by atoms with Gasteiger partial charge in [0.1, 0.15) is 10.8 Å². The van der Waals surface area contributed by atoms with Crippen molar-refractivity contribution in [2.24, 2.45) is 5.73 Å². The first-order valence-electron chi connectivity index (χ1n) is 8.16. The third-order valence-electron chi connectivity index (χ3n) is 4.21. The van der Waals surface area contributed by atoms with E-state index in [4.69, 9.17) is 10.5 Å². The zero-order valence-corrected chi connectivity index (χ0v) is 14.8. The second-order valence-corrected chi connectivity index (χ2v) is 6.95. The van der Waals surface area contributed by atoms with Gasteiger partial charge in [0.15, 0.2) is 0 Å². The van der Waals surface area contributed by atoms with E-state index in [1.54, 1.807) is 13.2 Å². The van der Waals surface area contributed by atoms with E-state index in [9.17, 15) is 9.59 Å². The molecule has 0 spiro atoms. The molecular weight excluding hydrogens is 336 g/mol. The molecule has 1 aromatic heterocycles. The predicted molar refractivity (Wildman–Crippen MR) is 100 cm³/mol. The van der Waals surface area contributed by atoms with Crippen molar-refractivity contribution >= 4 is 34.2 Å². The lowest BCUT2D eigenvalue weighted by Gasteiger charge is -2.11. The van der Waals surface area contributed by atoms with Crippen molar-refractivity contribution < 1.29 is 14.3 Å². The quantitative estimate of drug-likeness (QED) is 0.806. The Morgan fingerprint density at radius 2 is 2.00 bits per heavy atom. The summed E-state index contributed by atoms with van der Waals surface area (Å²) in [5, 5.41) is 3.36. The van der Waals surface area contributed by atoms with Gasteiger partial charge in [0.2, 0.25) is 5.91 Å². The molecule has 3 N–H and O–H groups in total. The molecule has 5 nitrogen and oxygen atoms in total. The number of nitrogens with one attached hydrogen (secondary N) is 1. The molecule has 0 saturated heterocycles. The number of nitrogens with two attached hydrogens (primary N) is 1. The van der Waals surface area contributed by atoms with Gasteiger partial charge in [-0.1, -0.05) is 18.2 Å². The molecule has 0 saturated carbocycles. The van der Waals surface area contributed by atoms with E-state index in [1.165, 1.54) is 17.4 Å². The van der Waals surface area contributed by atoms with Crippen molar-refractivity contribution in [1.29, 1.82) is 0 Å². The maximum atomic E-state index is 12.3. The van der Waals surface area contributed by atoms with Crippen LogP contribution in [0.2, 0.25) is 0 Å². The first kappa shape index (κ1) is 17.2. The van der Waals surface area contributed by atoms with E-state index in [0.29, 0.717) is 16.3 Å². The fourth-order valence-corrected chi connectivity index (χ4v) is 4.34. The van der Waals surface area contributed by atoms with Gasteiger partial charge in [0.05, 0.1) is 12.7 Å². The number of thiophene rings is 1. The predicted octanol–water partition coefficient (Wildman–Crippen LogP) is 3.39. The molecule has 130 valence electrons. The Morgan fingerprint density at radius 1 is 1.24 bits per heavy atom. The minimum Gasteiger partial charge on any atom is -0.496 e. The second kappa shape index (κ2) is 7.53. The van der Waals surface area contributed by atoms with Gasteiger partial charge in [0, 0.05) is 16.5 Å². The van der Waals surface area contributed by atoms with Gasteiger partial charge in [-0.15, -0.1) is 11.3 Å². The van der Waals surface area contributed by atoms with Gasteiger partial charge < -0.3 is 15.8 Å². The summed E-state index contributed by atoms with van der Waals surface area (Å²) in [6.07, 6.45) is 7.05. The largest absolute Gasteiger partial charge is 0.496 e. The molecule has 25 heavy (non-hydrogen) atoms. The van der Waals surface area contributed by atoms with Crippen LogP contribution in [0.25, 0.3) is 6.08 Å². The van der Waals surface area contributed by atoms with Crippen molar-refractivity contribution in [2.45, 2.75) is 25.7 Å². The van der Waals surface area contributed by atoms with Crippen molar-refractivity contribution in [3.05, 3.63) is 51.9 Å². The lowest BCUT2D eigenvalue weighted by Crippen LogP contribution is -2.17. The Morgan fingerprint density at radius 3 is 2.76 bits per heavy atom. The third kappa shape index (κ3) is 3.74. The summed E-state index contributed by atoms with van der Waals surface area (Å²) in [5.41, 5.74) is 7.83. The summed E-state index contributed by atoms with van der Waals surface area (Å²) in [4.78, 5) is 25.3. The molecule has 0 unspecified atom stereocenters. The number of aryl methyl sites for hydroxylation is 1. The van der Waals surface area contributed by atoms with Gasteiger partial charge in [0.25, 0.3) is 5.91 Å². The van der Waals surface area contributed by atoms with Crippen molar-refractivity contribution in [3.63, 3.8) is 0 Å². The molecule has 1 aromatic carbocycles. The Hall–Kier alpha value is -2.60. The van der Waals surface area contributed by atoms with Crippen LogP contribution in [-0.2, 0) is 17.6 Å². The first-order chi connectivity index (χ1) is 12.1. The molecule has 0 aliphatic heterocycles. The molecular formula is C19H20N2O3S. The number of carbonyl (C=O) groups is 2. The minimum absolute atomic E-state index is 0.299. The molecule has 2 aromatic rings. The fourth-order valence-electron chi connectivity index (χ4n) is 3.04. The van der Waals surface area contributed by atoms with Gasteiger partial charge in [-0.05, 0) is 43.4 Å². The number of hydrogen-bond acceptors (Lipinski definition) is 4. The number of carbonyl (C=O) groups excluding carboxylic acids is 2. The Labute approximate surface area is 150 Å². The van der Waals surface area contributed by atoms with Crippen molar-refractivity contribution in [1.82, 2.24) is 0 Å². The van der Waals surface area contributed by atoms with E-state index < -0.39 is 5.91 Å². The van der Waals surface area contributed by atoms with E-state index in [0.717, 1.165) is 41.7 Å². The van der Waals surface area contributed by atoms with Crippen molar-refractivity contribution in [3.8, 4) is 5.75 Å². The van der Waals surface area contributed by atoms with Gasteiger partial charge in [-0.25, -0.2) is 0 Å². The highest BCUT2D eigenvalue weighted by atomic mass is 32.1. The summed E-state index contributed by atoms with van der Waals surface area (Å²) in [5.74, 6) is -0.0913. The summed E-state index contributed by atoms with van der Waals surface area (Å²) in [7, 11) is 1.59. The molecule has 1 heterocycles. The number of ether oxygens (including phenoxy) is 1. The maximum absolute atomic E-state index is 12.3. The Kier molecular flexibility index (Phi) is 5.19. The molecule has 2 amide bonds. The zero-order valence-electron chi connectivity index (χ0n) is 14.0. The number of rotatable bonds is 5. The molecule has 0 atom stereocenters. The molecule has 0 fully saturated rings. The zero-order chi connectivity index (χ0) is 17.8. The first-order valence-corrected chi connectivity index (χ1v) is 8.98. The maximum Gasteiger partial charge on any atom is 0.251 e. The molecule has 6 heteroatoms. The number of para-hydroxylation sites is 1. The second-order valence-electron chi connectivity index (χ2n) is 5.84. The normalized spacial score (nSPS) is 13.5. The monoisotopic (exact) mass is 356 g/mol. The standard InChI is InChI=1S/C19H20N2O3S/c1-24-14-8-4-2-6-12(14)10-11-16(22)21-19-17(18(20)23)13-7-3-5-9-15(13)25-19/h2,4,6,8,10-11H,3,5,7,9H2,1H3,(H2,20,23)(H,21,22). The summed E-state index contributed by atoms with van der Waals surface area (Å²) in [6, 6.07) is 7.43. The molecule has 1 aliphatic carbocycles. The van der Waals surface area contributed by atoms with Crippen LogP contribution < -0.4 is 15.8 Å². The number of methoxy groups -OCH3 is 1. The molecule has 3 rings (SSSR count). The molecule has 1 aliphatic rings. The summed E-state index contributed by atoms with van der Waals surface area (Å²) >= 11 is 1.46. The SMILES string of the molecule is COc1ccccc1C=CC(=O)Nc1sc2c(c1C(N)=O)CCCC2. The Balaban J connectivity index is 1.80. The number of primary amides is 1. The van der Waals surface area contributed by atoms with Crippen LogP contribution >= 0.6 is 11.3 Å². The number of anilines is 1. The van der Waals surface area contributed by atoms with Gasteiger partial charge >= 0.3 is 0 Å². The van der Waals surface area contributed by atoms with Crippen LogP contribution in [0.1, 0.15) is 39.2 Å². The lowest BCUT2D eigenvalue weighted by atomic mass is 9.95. The average molecular weight is 356 g/mol. The smallest absolute Gasteiger partial charge is 0.251 e. The van der Waals surface area contributed by atoms with Crippen LogP contribution in [0.5, 0.6) is 5.75 Å². The fraction of sp³-hybridized carbons (Fsp3) is 0.263. The highest BCUT2D eigenvalue weighted by molar-refractivity contribution is 7.17. The van der Waals surface area contributed by atoms with Crippen LogP contribution in [0.4, 0.5) is 5.00 Å². The third-order valence-corrected chi connectivity index (χ3v) is 5.41. The lowest BCUT2D eigenvalue weighted by molar-refractivity contribution is -0.111. The van der Waals surface area contributed by atoms with Gasteiger partial charge in [-0.2, -0.15) is 0 Å². The number of amides is 2. The summed E-state index contributed by atoms with van der Waals surface area (Å²) < 4.78 is 5.26. The molecule has 0 bridgehead atoms. The molecule has 0 radical (unpaired) electrons. The van der Waals surface area contributed by atoms with E-state index in [-0.39, 0.29) is 5.91 Å². The van der Waals surface area contributed by atoms with E-state index in [1.807, 2.05) is 24.3 Å². The number of hydrogen-bond donors (Lipinski definition) is 2. The van der Waals surface area contributed by atoms with E-state index >= 15 is 0 Å². The number of benzene rings is 1. The minimum atomic E-state index is -0.483. The highest BCUT2D eigenvalue weighted by Gasteiger charge is 2.24.